The van der Waals surface area contributed by atoms with E-state index in [1.807, 2.05) is 24.3 Å². The zero-order valence-electron chi connectivity index (χ0n) is 18.7. The van der Waals surface area contributed by atoms with E-state index in [0.717, 1.165) is 28.7 Å². The van der Waals surface area contributed by atoms with Crippen LogP contribution in [0.5, 0.6) is 0 Å². The number of carboxylic acid groups (broad SMARTS) is 1. The average Bonchev–Trinajstić information content (AvgIpc) is 3.53. The van der Waals surface area contributed by atoms with Crippen molar-refractivity contribution in [2.24, 2.45) is 5.92 Å². The van der Waals surface area contributed by atoms with Crippen LogP contribution in [0.4, 0.5) is 4.79 Å². The number of carbonyl (C=O) groups is 3. The monoisotopic (exact) mass is 464 g/mol. The van der Waals surface area contributed by atoms with Crippen LogP contribution < -0.4 is 5.32 Å². The summed E-state index contributed by atoms with van der Waals surface area (Å²) in [6.07, 6.45) is 0.528. The Kier molecular flexibility index (Phi) is 6.00. The minimum absolute atomic E-state index is 0.00393. The van der Waals surface area contributed by atoms with Gasteiger partial charge in [-0.25, -0.2) is 9.59 Å². The van der Waals surface area contributed by atoms with Gasteiger partial charge in [-0.2, -0.15) is 0 Å². The molecular formula is C26H28N2O6. The molecule has 4 atom stereocenters. The van der Waals surface area contributed by atoms with Gasteiger partial charge in [0.15, 0.2) is 0 Å². The Bertz CT molecular complexity index is 1070. The predicted molar refractivity (Wildman–Crippen MR) is 123 cm³/mol. The van der Waals surface area contributed by atoms with Crippen LogP contribution in [-0.4, -0.2) is 64.4 Å². The number of nitrogens with one attached hydrogen (secondary N) is 1. The summed E-state index contributed by atoms with van der Waals surface area (Å²) in [7, 11) is 0. The summed E-state index contributed by atoms with van der Waals surface area (Å²) in [6, 6.07) is 14.7. The molecule has 5 rings (SSSR count). The predicted octanol–water partition coefficient (Wildman–Crippen LogP) is 2.74. The van der Waals surface area contributed by atoms with Crippen LogP contribution >= 0.6 is 0 Å². The van der Waals surface area contributed by atoms with Crippen molar-refractivity contribution in [2.75, 3.05) is 13.2 Å². The third-order valence-electron chi connectivity index (χ3n) is 7.33. The number of aliphatic hydroxyl groups is 1. The normalized spacial score (nSPS) is 25.6. The molecule has 1 saturated heterocycles. The van der Waals surface area contributed by atoms with Gasteiger partial charge in [-0.15, -0.1) is 0 Å². The molecule has 3 N–H and O–H groups in total. The highest BCUT2D eigenvalue weighted by atomic mass is 16.5. The molecule has 34 heavy (non-hydrogen) atoms. The smallest absolute Gasteiger partial charge is 0.407 e. The molecule has 3 aliphatic rings. The van der Waals surface area contributed by atoms with Crippen LogP contribution in [-0.2, 0) is 14.3 Å². The SMILES string of the molecule is O=C(N[C@H]1CCC[C@H]1C(=O)N1C[C@@H](O)C[C@H]1C(=O)O)OCC1c2ccccc2-c2ccccc21. The van der Waals surface area contributed by atoms with Crippen molar-refractivity contribution in [1.82, 2.24) is 10.2 Å². The molecule has 1 saturated carbocycles. The summed E-state index contributed by atoms with van der Waals surface area (Å²) >= 11 is 0. The van der Waals surface area contributed by atoms with Gasteiger partial charge < -0.3 is 25.2 Å². The van der Waals surface area contributed by atoms with Gasteiger partial charge in [-0.1, -0.05) is 55.0 Å². The van der Waals surface area contributed by atoms with Gasteiger partial charge in [0, 0.05) is 24.9 Å². The second kappa shape index (κ2) is 9.10. The van der Waals surface area contributed by atoms with Crippen LogP contribution in [0.2, 0.25) is 0 Å². The summed E-state index contributed by atoms with van der Waals surface area (Å²) in [5.74, 6) is -2.02. The fourth-order valence-electron chi connectivity index (χ4n) is 5.72. The van der Waals surface area contributed by atoms with E-state index < -0.39 is 36.2 Å². The second-order valence-corrected chi connectivity index (χ2v) is 9.35. The number of likely N-dealkylation sites (tertiary alicyclic amines) is 1. The fourth-order valence-corrected chi connectivity index (χ4v) is 5.72. The minimum atomic E-state index is -1.12. The lowest BCUT2D eigenvalue weighted by molar-refractivity contribution is -0.150. The number of hydrogen-bond donors (Lipinski definition) is 3. The molecule has 0 unspecified atom stereocenters. The number of β-amino-alcohol motifs (C(OH)–C–C–N with tert-alkyl or cyclic N) is 1. The lowest BCUT2D eigenvalue weighted by Crippen LogP contribution is -2.49. The Morgan fingerprint density at radius 2 is 1.65 bits per heavy atom. The molecule has 0 bridgehead atoms. The van der Waals surface area contributed by atoms with Crippen molar-refractivity contribution < 1.29 is 29.3 Å². The van der Waals surface area contributed by atoms with Crippen LogP contribution in [0.15, 0.2) is 48.5 Å². The van der Waals surface area contributed by atoms with E-state index in [1.165, 1.54) is 4.90 Å². The molecule has 0 aromatic heterocycles. The highest BCUT2D eigenvalue weighted by Crippen LogP contribution is 2.44. The molecule has 2 aromatic rings. The zero-order chi connectivity index (χ0) is 23.8. The average molecular weight is 465 g/mol. The maximum atomic E-state index is 13.1. The maximum Gasteiger partial charge on any atom is 0.407 e. The van der Waals surface area contributed by atoms with E-state index in [4.69, 9.17) is 4.74 Å². The van der Waals surface area contributed by atoms with E-state index >= 15 is 0 Å². The van der Waals surface area contributed by atoms with Gasteiger partial charge in [0.1, 0.15) is 12.6 Å². The van der Waals surface area contributed by atoms with Gasteiger partial charge in [0.2, 0.25) is 5.91 Å². The number of ether oxygens (including phenoxy) is 1. The molecular weight excluding hydrogens is 436 g/mol. The number of aliphatic hydroxyl groups excluding tert-OH is 1. The minimum Gasteiger partial charge on any atom is -0.480 e. The number of nitrogens with zero attached hydrogens (tertiary/aromatic N) is 1. The van der Waals surface area contributed by atoms with Crippen LogP contribution in [0.3, 0.4) is 0 Å². The summed E-state index contributed by atoms with van der Waals surface area (Å²) in [4.78, 5) is 38.6. The number of fused-ring (bicyclic) bond motifs is 3. The van der Waals surface area contributed by atoms with Crippen LogP contribution in [0.1, 0.15) is 42.7 Å². The molecule has 1 aliphatic heterocycles. The Morgan fingerprint density at radius 3 is 2.29 bits per heavy atom. The van der Waals surface area contributed by atoms with Crippen molar-refractivity contribution in [3.8, 4) is 11.1 Å². The van der Waals surface area contributed by atoms with Crippen molar-refractivity contribution in [2.45, 2.75) is 49.8 Å². The summed E-state index contributed by atoms with van der Waals surface area (Å²) in [6.45, 7) is 0.189. The summed E-state index contributed by atoms with van der Waals surface area (Å²) in [5.41, 5.74) is 4.54. The third kappa shape index (κ3) is 4.03. The number of aliphatic carboxylic acids is 1. The quantitative estimate of drug-likeness (QED) is 0.627. The number of hydrogen-bond acceptors (Lipinski definition) is 5. The van der Waals surface area contributed by atoms with E-state index in [-0.39, 0.29) is 31.4 Å². The number of carbonyl (C=O) groups excluding carboxylic acids is 2. The summed E-state index contributed by atoms with van der Waals surface area (Å²) < 4.78 is 5.62. The molecule has 2 aromatic carbocycles. The first kappa shape index (κ1) is 22.4. The standard InChI is InChI=1S/C26H28N2O6/c29-15-12-23(25(31)32)28(13-15)24(30)20-10-5-11-22(20)27-26(33)34-14-21-18-8-3-1-6-16(18)17-7-2-4-9-19(17)21/h1-4,6-9,15,20-23,29H,5,10-14H2,(H,27,33)(H,31,32)/t15-,20+,22-,23-/m0/s1. The fraction of sp³-hybridized carbons (Fsp3) is 0.423. The first-order valence-electron chi connectivity index (χ1n) is 11.8. The van der Waals surface area contributed by atoms with Crippen molar-refractivity contribution >= 4 is 18.0 Å². The van der Waals surface area contributed by atoms with Crippen molar-refractivity contribution in [3.63, 3.8) is 0 Å². The lowest BCUT2D eigenvalue weighted by Gasteiger charge is -2.28. The highest BCUT2D eigenvalue weighted by molar-refractivity contribution is 5.87. The first-order chi connectivity index (χ1) is 16.4. The molecule has 178 valence electrons. The van der Waals surface area contributed by atoms with E-state index in [1.54, 1.807) is 0 Å². The molecule has 0 spiro atoms. The van der Waals surface area contributed by atoms with Gasteiger partial charge in [-0.05, 0) is 35.1 Å². The Morgan fingerprint density at radius 1 is 1.00 bits per heavy atom. The molecule has 2 fully saturated rings. The van der Waals surface area contributed by atoms with Gasteiger partial charge in [0.25, 0.3) is 0 Å². The largest absolute Gasteiger partial charge is 0.480 e. The third-order valence-corrected chi connectivity index (χ3v) is 7.33. The summed E-state index contributed by atoms with van der Waals surface area (Å²) in [5, 5.41) is 22.2. The molecule has 2 aliphatic carbocycles. The molecule has 1 heterocycles. The Balaban J connectivity index is 1.23. The molecule has 8 heteroatoms. The number of benzene rings is 2. The van der Waals surface area contributed by atoms with Gasteiger partial charge in [-0.3, -0.25) is 4.79 Å². The van der Waals surface area contributed by atoms with Crippen LogP contribution in [0.25, 0.3) is 11.1 Å². The van der Waals surface area contributed by atoms with E-state index in [0.29, 0.717) is 12.8 Å². The Hall–Kier alpha value is -3.39. The van der Waals surface area contributed by atoms with E-state index in [9.17, 15) is 24.6 Å². The number of rotatable bonds is 5. The van der Waals surface area contributed by atoms with Crippen molar-refractivity contribution in [3.05, 3.63) is 59.7 Å². The van der Waals surface area contributed by atoms with Crippen LogP contribution in [0, 0.1) is 5.92 Å². The molecule has 8 nitrogen and oxygen atoms in total. The zero-order valence-corrected chi connectivity index (χ0v) is 18.7. The molecule has 0 radical (unpaired) electrons. The van der Waals surface area contributed by atoms with E-state index in [2.05, 4.69) is 29.6 Å². The van der Waals surface area contributed by atoms with Gasteiger partial charge in [0.05, 0.1) is 12.0 Å². The highest BCUT2D eigenvalue weighted by Gasteiger charge is 2.44. The number of carboxylic acids is 1. The lowest BCUT2D eigenvalue weighted by atomic mass is 9.98. The first-order valence-corrected chi connectivity index (χ1v) is 11.8. The topological polar surface area (TPSA) is 116 Å². The second-order valence-electron chi connectivity index (χ2n) is 9.35. The number of amides is 2. The number of alkyl carbamates (subject to hydrolysis) is 1. The molecule has 2 amide bonds. The van der Waals surface area contributed by atoms with Gasteiger partial charge >= 0.3 is 12.1 Å². The maximum absolute atomic E-state index is 13.1. The van der Waals surface area contributed by atoms with Crippen molar-refractivity contribution in [1.29, 1.82) is 0 Å². The Labute approximate surface area is 197 Å².